The highest BCUT2D eigenvalue weighted by Crippen LogP contribution is 2.53. The summed E-state index contributed by atoms with van der Waals surface area (Å²) in [6.45, 7) is 4.58. The summed E-state index contributed by atoms with van der Waals surface area (Å²) >= 11 is 0. The number of hydrogen-bond acceptors (Lipinski definition) is 9. The van der Waals surface area contributed by atoms with Crippen LogP contribution in [-0.4, -0.2) is 54.7 Å². The van der Waals surface area contributed by atoms with Gasteiger partial charge in [-0.1, -0.05) is 13.8 Å². The topological polar surface area (TPSA) is 152 Å². The quantitative estimate of drug-likeness (QED) is 0.613. The molecule has 1 aromatic carbocycles. The fraction of sp³-hybridized carbons (Fsp3) is 0.444. The lowest BCUT2D eigenvalue weighted by Crippen LogP contribution is -2.70. The number of hydrogen-bond donors (Lipinski definition) is 2. The van der Waals surface area contributed by atoms with Crippen molar-refractivity contribution in [3.8, 4) is 17.1 Å². The summed E-state index contributed by atoms with van der Waals surface area (Å²) < 4.78 is 0. The summed E-state index contributed by atoms with van der Waals surface area (Å²) in [5.74, 6) is -10.1. The third-order valence-electron chi connectivity index (χ3n) is 8.12. The molecule has 186 valence electrons. The van der Waals surface area contributed by atoms with Crippen LogP contribution >= 0.6 is 0 Å². The molecule has 3 aliphatic carbocycles. The second kappa shape index (κ2) is 8.23. The molecule has 6 atom stereocenters. The molecule has 2 fully saturated rings. The average molecular weight is 491 g/mol. The number of phenols is 1. The Bertz CT molecular complexity index is 1340. The van der Waals surface area contributed by atoms with E-state index >= 15 is 0 Å². The first kappa shape index (κ1) is 24.1. The Kier molecular flexibility index (Phi) is 5.51. The van der Waals surface area contributed by atoms with Gasteiger partial charge in [-0.05, 0) is 55.4 Å². The minimum absolute atomic E-state index is 0.0561. The Hall–Kier alpha value is -3.59. The Labute approximate surface area is 207 Å². The van der Waals surface area contributed by atoms with Crippen LogP contribution in [-0.2, 0) is 25.6 Å². The SMILES string of the molecule is CC(=O)C1C(=O)C(C(C)C)[C@H]2C[C@H]3Cc4c(-c5ncccn5)ccc(O)c4C(=O)C3C(=O)[C@@]2(O)C1=O. The molecule has 9 heteroatoms. The first-order chi connectivity index (χ1) is 17.0. The van der Waals surface area contributed by atoms with Crippen LogP contribution in [0.5, 0.6) is 5.75 Å². The van der Waals surface area contributed by atoms with Crippen molar-refractivity contribution in [3.63, 3.8) is 0 Å². The van der Waals surface area contributed by atoms with Crippen molar-refractivity contribution in [1.29, 1.82) is 0 Å². The summed E-state index contributed by atoms with van der Waals surface area (Å²) in [5, 5.41) is 22.2. The van der Waals surface area contributed by atoms with Crippen LogP contribution in [0.3, 0.4) is 0 Å². The molecule has 2 saturated carbocycles. The minimum Gasteiger partial charge on any atom is -0.507 e. The van der Waals surface area contributed by atoms with Gasteiger partial charge in [-0.3, -0.25) is 24.0 Å². The lowest BCUT2D eigenvalue weighted by atomic mass is 9.49. The fourth-order valence-electron chi connectivity index (χ4n) is 6.62. The van der Waals surface area contributed by atoms with Gasteiger partial charge in [0.1, 0.15) is 17.5 Å². The van der Waals surface area contributed by atoms with Gasteiger partial charge in [0.05, 0.1) is 11.5 Å². The molecule has 0 saturated heterocycles. The molecule has 36 heavy (non-hydrogen) atoms. The van der Waals surface area contributed by atoms with Crippen LogP contribution in [0.2, 0.25) is 0 Å². The number of benzene rings is 1. The number of carbonyl (C=O) groups excluding carboxylic acids is 5. The molecular formula is C27H26N2O7. The average Bonchev–Trinajstić information content (AvgIpc) is 2.81. The molecule has 3 unspecified atom stereocenters. The van der Waals surface area contributed by atoms with E-state index in [9.17, 15) is 34.2 Å². The van der Waals surface area contributed by atoms with Gasteiger partial charge in [0.15, 0.2) is 34.6 Å². The fourth-order valence-corrected chi connectivity index (χ4v) is 6.62. The first-order valence-electron chi connectivity index (χ1n) is 12.0. The highest BCUT2D eigenvalue weighted by atomic mass is 16.3. The van der Waals surface area contributed by atoms with Gasteiger partial charge in [-0.15, -0.1) is 0 Å². The largest absolute Gasteiger partial charge is 0.507 e. The van der Waals surface area contributed by atoms with Crippen molar-refractivity contribution in [2.45, 2.75) is 39.2 Å². The van der Waals surface area contributed by atoms with Gasteiger partial charge in [0.2, 0.25) is 0 Å². The third-order valence-corrected chi connectivity index (χ3v) is 8.12. The predicted octanol–water partition coefficient (Wildman–Crippen LogP) is 1.77. The van der Waals surface area contributed by atoms with Crippen LogP contribution in [0, 0.1) is 35.5 Å². The zero-order valence-electron chi connectivity index (χ0n) is 20.1. The standard InChI is InChI=1S/C27H26N2O7/c1-11(2)18-16-10-13-9-15-14(26-28-7-4-8-29-26)5-6-17(31)21(15)23(33)20(13)25(35)27(16,36)24(34)19(12(3)30)22(18)32/h4-8,11,13,16,18-20,31,36H,9-10H2,1-3H3/t13-,16-,18?,19?,20?,27+/m1/s1. The van der Waals surface area contributed by atoms with Crippen LogP contribution in [0.15, 0.2) is 30.6 Å². The molecule has 0 aliphatic heterocycles. The van der Waals surface area contributed by atoms with E-state index in [4.69, 9.17) is 0 Å². The number of fused-ring (bicyclic) bond motifs is 3. The van der Waals surface area contributed by atoms with Crippen molar-refractivity contribution in [2.75, 3.05) is 0 Å². The maximum atomic E-state index is 13.8. The minimum atomic E-state index is -2.62. The van der Waals surface area contributed by atoms with Crippen LogP contribution in [0.1, 0.15) is 43.1 Å². The van der Waals surface area contributed by atoms with Gasteiger partial charge in [-0.2, -0.15) is 0 Å². The maximum Gasteiger partial charge on any atom is 0.190 e. The number of ketones is 5. The summed E-state index contributed by atoms with van der Waals surface area (Å²) in [5.41, 5.74) is -1.65. The van der Waals surface area contributed by atoms with Crippen LogP contribution in [0.25, 0.3) is 11.4 Å². The van der Waals surface area contributed by atoms with Gasteiger partial charge >= 0.3 is 0 Å². The van der Waals surface area contributed by atoms with Gasteiger partial charge < -0.3 is 10.2 Å². The highest BCUT2D eigenvalue weighted by Gasteiger charge is 2.68. The van der Waals surface area contributed by atoms with Crippen molar-refractivity contribution in [2.24, 2.45) is 35.5 Å². The molecule has 5 rings (SSSR count). The summed E-state index contributed by atoms with van der Waals surface area (Å²) in [4.78, 5) is 74.9. The van der Waals surface area contributed by atoms with E-state index in [2.05, 4.69) is 9.97 Å². The number of aliphatic hydroxyl groups is 1. The van der Waals surface area contributed by atoms with Crippen molar-refractivity contribution in [1.82, 2.24) is 9.97 Å². The molecule has 3 aliphatic rings. The molecule has 0 amide bonds. The summed E-state index contributed by atoms with van der Waals surface area (Å²) in [6.07, 6.45) is 3.36. The molecule has 0 bridgehead atoms. The Morgan fingerprint density at radius 1 is 1.08 bits per heavy atom. The molecular weight excluding hydrogens is 464 g/mol. The Morgan fingerprint density at radius 2 is 1.75 bits per heavy atom. The van der Waals surface area contributed by atoms with E-state index in [-0.39, 0.29) is 30.1 Å². The van der Waals surface area contributed by atoms with Gasteiger partial charge in [0, 0.05) is 29.8 Å². The van der Waals surface area contributed by atoms with E-state index in [0.29, 0.717) is 17.0 Å². The second-order valence-electron chi connectivity index (χ2n) is 10.4. The van der Waals surface area contributed by atoms with E-state index in [1.165, 1.54) is 6.07 Å². The zero-order chi connectivity index (χ0) is 26.1. The zero-order valence-corrected chi connectivity index (χ0v) is 20.1. The molecule has 2 aromatic rings. The van der Waals surface area contributed by atoms with E-state index < -0.39 is 64.1 Å². The molecule has 1 heterocycles. The number of aromatic nitrogens is 2. The van der Waals surface area contributed by atoms with E-state index in [1.807, 2.05) is 0 Å². The molecule has 0 spiro atoms. The maximum absolute atomic E-state index is 13.8. The highest BCUT2D eigenvalue weighted by molar-refractivity contribution is 6.32. The van der Waals surface area contributed by atoms with E-state index in [0.717, 1.165) is 6.92 Å². The second-order valence-corrected chi connectivity index (χ2v) is 10.4. The Balaban J connectivity index is 1.66. The Morgan fingerprint density at radius 3 is 2.36 bits per heavy atom. The lowest BCUT2D eigenvalue weighted by molar-refractivity contribution is -0.182. The van der Waals surface area contributed by atoms with Gasteiger partial charge in [0.25, 0.3) is 0 Å². The number of Topliss-reactive ketones (excluding diaryl/α,β-unsaturated/α-hetero) is 5. The summed E-state index contributed by atoms with van der Waals surface area (Å²) in [6, 6.07) is 4.59. The van der Waals surface area contributed by atoms with Crippen molar-refractivity contribution in [3.05, 3.63) is 41.7 Å². The third kappa shape index (κ3) is 3.15. The number of phenolic OH excluding ortho intramolecular Hbond substituents is 1. The first-order valence-corrected chi connectivity index (χ1v) is 12.0. The molecule has 2 N–H and O–H groups in total. The van der Waals surface area contributed by atoms with Crippen molar-refractivity contribution < 1.29 is 34.2 Å². The predicted molar refractivity (Wildman–Crippen MR) is 125 cm³/mol. The molecule has 9 nitrogen and oxygen atoms in total. The lowest BCUT2D eigenvalue weighted by Gasteiger charge is -2.52. The van der Waals surface area contributed by atoms with Crippen LogP contribution in [0.4, 0.5) is 0 Å². The number of nitrogens with zero attached hydrogens (tertiary/aromatic N) is 2. The molecule has 1 aromatic heterocycles. The van der Waals surface area contributed by atoms with Crippen molar-refractivity contribution >= 4 is 28.9 Å². The number of rotatable bonds is 3. The summed E-state index contributed by atoms with van der Waals surface area (Å²) in [7, 11) is 0. The number of aromatic hydroxyl groups is 1. The van der Waals surface area contributed by atoms with E-state index in [1.54, 1.807) is 38.4 Å². The van der Waals surface area contributed by atoms with Gasteiger partial charge in [-0.25, -0.2) is 9.97 Å². The smallest absolute Gasteiger partial charge is 0.190 e. The normalized spacial score (nSPS) is 31.6. The monoisotopic (exact) mass is 490 g/mol. The molecule has 0 radical (unpaired) electrons. The number of carbonyl (C=O) groups is 5. The van der Waals surface area contributed by atoms with Crippen LogP contribution < -0.4 is 0 Å².